The zero-order valence-electron chi connectivity index (χ0n) is 14.0. The molecule has 1 amide bonds. The van der Waals surface area contributed by atoms with Crippen LogP contribution < -0.4 is 10.6 Å². The molecule has 1 aliphatic rings. The molecule has 1 unspecified atom stereocenters. The predicted octanol–water partition coefficient (Wildman–Crippen LogP) is 3.16. The number of nitrogens with two attached hydrogens (primary N) is 1. The van der Waals surface area contributed by atoms with Crippen LogP contribution in [0.15, 0.2) is 48.5 Å². The Balaban J connectivity index is 0.00000169. The minimum atomic E-state index is -0.705. The largest absolute Gasteiger partial charge is 0.366 e. The summed E-state index contributed by atoms with van der Waals surface area (Å²) in [5.41, 5.74) is 7.04. The van der Waals surface area contributed by atoms with Gasteiger partial charge in [0.15, 0.2) is 0 Å². The van der Waals surface area contributed by atoms with Gasteiger partial charge in [-0.2, -0.15) is 0 Å². The van der Waals surface area contributed by atoms with E-state index in [1.807, 2.05) is 30.3 Å². The van der Waals surface area contributed by atoms with Crippen LogP contribution in [-0.4, -0.2) is 37.0 Å². The number of hydrogen-bond acceptors (Lipinski definition) is 3. The topological polar surface area (TPSA) is 49.6 Å². The van der Waals surface area contributed by atoms with Gasteiger partial charge >= 0.3 is 0 Å². The third-order valence-corrected chi connectivity index (χ3v) is 4.26. The van der Waals surface area contributed by atoms with Crippen LogP contribution >= 0.6 is 24.8 Å². The van der Waals surface area contributed by atoms with E-state index in [9.17, 15) is 13.6 Å². The first-order valence-corrected chi connectivity index (χ1v) is 7.85. The SMILES string of the molecule is Cl.Cl.NC(C(=O)N1CCN(c2cc(F)ccc2F)CC1)c1ccccc1. The average Bonchev–Trinajstić information content (AvgIpc) is 2.63. The number of benzene rings is 2. The van der Waals surface area contributed by atoms with Crippen LogP contribution in [0.2, 0.25) is 0 Å². The molecule has 26 heavy (non-hydrogen) atoms. The molecule has 2 aromatic rings. The van der Waals surface area contributed by atoms with Crippen LogP contribution in [0.1, 0.15) is 11.6 Å². The highest BCUT2D eigenvalue weighted by Gasteiger charge is 2.27. The summed E-state index contributed by atoms with van der Waals surface area (Å²) >= 11 is 0. The van der Waals surface area contributed by atoms with Gasteiger partial charge in [0, 0.05) is 32.2 Å². The summed E-state index contributed by atoms with van der Waals surface area (Å²) < 4.78 is 27.2. The molecular formula is C18H21Cl2F2N3O. The van der Waals surface area contributed by atoms with Crippen molar-refractivity contribution in [1.29, 1.82) is 0 Å². The van der Waals surface area contributed by atoms with E-state index in [-0.39, 0.29) is 36.4 Å². The van der Waals surface area contributed by atoms with Crippen molar-refractivity contribution in [3.8, 4) is 0 Å². The van der Waals surface area contributed by atoms with E-state index in [4.69, 9.17) is 5.73 Å². The second-order valence-corrected chi connectivity index (χ2v) is 5.80. The third-order valence-electron chi connectivity index (χ3n) is 4.26. The second-order valence-electron chi connectivity index (χ2n) is 5.80. The van der Waals surface area contributed by atoms with Gasteiger partial charge in [-0.15, -0.1) is 24.8 Å². The van der Waals surface area contributed by atoms with Crippen molar-refractivity contribution in [2.24, 2.45) is 5.73 Å². The summed E-state index contributed by atoms with van der Waals surface area (Å²) in [6, 6.07) is 11.9. The average molecular weight is 404 g/mol. The zero-order chi connectivity index (χ0) is 17.1. The van der Waals surface area contributed by atoms with Crippen molar-refractivity contribution in [3.63, 3.8) is 0 Å². The van der Waals surface area contributed by atoms with Gasteiger partial charge in [0.25, 0.3) is 0 Å². The van der Waals surface area contributed by atoms with Gasteiger partial charge < -0.3 is 15.5 Å². The van der Waals surface area contributed by atoms with E-state index in [2.05, 4.69) is 0 Å². The molecule has 0 spiro atoms. The number of rotatable bonds is 3. The minimum Gasteiger partial charge on any atom is -0.366 e. The van der Waals surface area contributed by atoms with Crippen molar-refractivity contribution >= 4 is 36.4 Å². The number of hydrogen-bond donors (Lipinski definition) is 1. The summed E-state index contributed by atoms with van der Waals surface area (Å²) in [6.45, 7) is 1.73. The maximum Gasteiger partial charge on any atom is 0.244 e. The molecule has 1 aliphatic heterocycles. The van der Waals surface area contributed by atoms with Crippen molar-refractivity contribution in [2.75, 3.05) is 31.1 Å². The van der Waals surface area contributed by atoms with Gasteiger partial charge in [-0.3, -0.25) is 4.79 Å². The quantitative estimate of drug-likeness (QED) is 0.855. The number of piperazine rings is 1. The number of nitrogens with zero attached hydrogens (tertiary/aromatic N) is 2. The summed E-state index contributed by atoms with van der Waals surface area (Å²) in [5, 5.41) is 0. The Bertz CT molecular complexity index is 726. The number of halogens is 4. The summed E-state index contributed by atoms with van der Waals surface area (Å²) in [6.07, 6.45) is 0. The molecule has 0 radical (unpaired) electrons. The van der Waals surface area contributed by atoms with E-state index in [1.54, 1.807) is 9.80 Å². The Hall–Kier alpha value is -1.89. The molecule has 1 atom stereocenters. The summed E-state index contributed by atoms with van der Waals surface area (Å²) in [7, 11) is 0. The van der Waals surface area contributed by atoms with Crippen LogP contribution in [0.25, 0.3) is 0 Å². The standard InChI is InChI=1S/C18H19F2N3O.2ClH/c19-14-6-7-15(20)16(12-14)22-8-10-23(11-9-22)18(24)17(21)13-4-2-1-3-5-13;;/h1-7,12,17H,8-11,21H2;2*1H. The fourth-order valence-corrected chi connectivity index (χ4v) is 2.90. The molecule has 8 heteroatoms. The van der Waals surface area contributed by atoms with Gasteiger partial charge in [0.1, 0.15) is 17.7 Å². The highest BCUT2D eigenvalue weighted by atomic mass is 35.5. The fourth-order valence-electron chi connectivity index (χ4n) is 2.90. The number of carbonyl (C=O) groups is 1. The third kappa shape index (κ3) is 4.84. The lowest BCUT2D eigenvalue weighted by Gasteiger charge is -2.37. The highest BCUT2D eigenvalue weighted by Crippen LogP contribution is 2.23. The van der Waals surface area contributed by atoms with Crippen molar-refractivity contribution < 1.29 is 13.6 Å². The number of amides is 1. The van der Waals surface area contributed by atoms with Gasteiger partial charge in [0.2, 0.25) is 5.91 Å². The van der Waals surface area contributed by atoms with E-state index < -0.39 is 17.7 Å². The van der Waals surface area contributed by atoms with Crippen LogP contribution in [0.5, 0.6) is 0 Å². The first-order chi connectivity index (χ1) is 11.6. The number of anilines is 1. The van der Waals surface area contributed by atoms with Crippen molar-refractivity contribution in [3.05, 3.63) is 65.7 Å². The Labute approximate surface area is 163 Å². The Morgan fingerprint density at radius 3 is 2.19 bits per heavy atom. The van der Waals surface area contributed by atoms with Crippen molar-refractivity contribution in [1.82, 2.24) is 4.90 Å². The molecule has 142 valence electrons. The Morgan fingerprint density at radius 1 is 0.962 bits per heavy atom. The van der Waals surface area contributed by atoms with Gasteiger partial charge in [0.05, 0.1) is 5.69 Å². The van der Waals surface area contributed by atoms with E-state index in [0.29, 0.717) is 26.2 Å². The van der Waals surface area contributed by atoms with E-state index in [0.717, 1.165) is 17.7 Å². The molecule has 2 N–H and O–H groups in total. The molecule has 1 fully saturated rings. The lowest BCUT2D eigenvalue weighted by atomic mass is 10.1. The highest BCUT2D eigenvalue weighted by molar-refractivity contribution is 5.85. The van der Waals surface area contributed by atoms with Crippen LogP contribution in [0.4, 0.5) is 14.5 Å². The molecule has 0 saturated carbocycles. The first-order valence-electron chi connectivity index (χ1n) is 7.85. The van der Waals surface area contributed by atoms with Crippen LogP contribution in [0, 0.1) is 11.6 Å². The smallest absolute Gasteiger partial charge is 0.244 e. The lowest BCUT2D eigenvalue weighted by molar-refractivity contribution is -0.133. The Morgan fingerprint density at radius 2 is 1.58 bits per heavy atom. The fraction of sp³-hybridized carbons (Fsp3) is 0.278. The maximum atomic E-state index is 13.9. The summed E-state index contributed by atoms with van der Waals surface area (Å²) in [5.74, 6) is -1.09. The second kappa shape index (κ2) is 9.71. The Kier molecular flexibility index (Phi) is 8.27. The normalized spacial score (nSPS) is 14.9. The molecule has 3 rings (SSSR count). The molecule has 0 aliphatic carbocycles. The maximum absolute atomic E-state index is 13.9. The number of carbonyl (C=O) groups excluding carboxylic acids is 1. The van der Waals surface area contributed by atoms with Gasteiger partial charge in [-0.25, -0.2) is 8.78 Å². The molecule has 0 aromatic heterocycles. The molecule has 4 nitrogen and oxygen atoms in total. The monoisotopic (exact) mass is 403 g/mol. The zero-order valence-corrected chi connectivity index (χ0v) is 15.6. The van der Waals surface area contributed by atoms with E-state index >= 15 is 0 Å². The van der Waals surface area contributed by atoms with Crippen molar-refractivity contribution in [2.45, 2.75) is 6.04 Å². The predicted molar refractivity (Wildman–Crippen MR) is 103 cm³/mol. The molecule has 0 bridgehead atoms. The molecule has 1 saturated heterocycles. The first kappa shape index (κ1) is 22.2. The van der Waals surface area contributed by atoms with Gasteiger partial charge in [-0.05, 0) is 17.7 Å². The van der Waals surface area contributed by atoms with E-state index in [1.165, 1.54) is 6.07 Å². The minimum absolute atomic E-state index is 0. The van der Waals surface area contributed by atoms with Gasteiger partial charge in [-0.1, -0.05) is 30.3 Å². The molecule has 1 heterocycles. The molecular weight excluding hydrogens is 383 g/mol. The van der Waals surface area contributed by atoms with Crippen LogP contribution in [0.3, 0.4) is 0 Å². The molecule has 2 aromatic carbocycles. The lowest BCUT2D eigenvalue weighted by Crippen LogP contribution is -2.51. The summed E-state index contributed by atoms with van der Waals surface area (Å²) in [4.78, 5) is 15.9. The van der Waals surface area contributed by atoms with Crippen LogP contribution in [-0.2, 0) is 4.79 Å².